The fraction of sp³-hybridized carbons (Fsp3) is 0.565. The average Bonchev–Trinajstić information content (AvgIpc) is 2.81. The normalized spacial score (nSPS) is 14.5. The maximum Gasteiger partial charge on any atom is 0.326 e. The lowest BCUT2D eigenvalue weighted by Crippen LogP contribution is -2.58. The van der Waals surface area contributed by atoms with Crippen molar-refractivity contribution in [2.24, 2.45) is 17.4 Å². The number of amides is 3. The Bertz CT molecular complexity index is 847. The van der Waals surface area contributed by atoms with Gasteiger partial charge in [-0.1, -0.05) is 26.0 Å². The Hall–Kier alpha value is -3.22. The lowest BCUT2D eigenvalue weighted by atomic mass is 10.0. The highest BCUT2D eigenvalue weighted by molar-refractivity contribution is 5.94. The predicted octanol–water partition coefficient (Wildman–Crippen LogP) is -1.42. The Morgan fingerprint density at radius 3 is 1.94 bits per heavy atom. The summed E-state index contributed by atoms with van der Waals surface area (Å²) in [4.78, 5) is 49.6. The molecule has 10 N–H and O–H groups in total. The number of hydrogen-bond acceptors (Lipinski definition) is 8. The number of rotatable bonds is 15. The van der Waals surface area contributed by atoms with Gasteiger partial charge in [-0.25, -0.2) is 4.79 Å². The summed E-state index contributed by atoms with van der Waals surface area (Å²) in [5.74, 6) is -3.63. The Morgan fingerprint density at radius 1 is 0.886 bits per heavy atom. The molecule has 4 unspecified atom stereocenters. The smallest absolute Gasteiger partial charge is 0.326 e. The average molecular weight is 496 g/mol. The van der Waals surface area contributed by atoms with Crippen LogP contribution in [0.4, 0.5) is 0 Å². The zero-order chi connectivity index (χ0) is 26.5. The summed E-state index contributed by atoms with van der Waals surface area (Å²) in [6.45, 7) is 3.10. The van der Waals surface area contributed by atoms with Crippen LogP contribution in [0.5, 0.6) is 5.75 Å². The van der Waals surface area contributed by atoms with Crippen molar-refractivity contribution in [1.29, 1.82) is 0 Å². The number of benzene rings is 1. The first-order chi connectivity index (χ1) is 16.5. The summed E-state index contributed by atoms with van der Waals surface area (Å²) in [5.41, 5.74) is 11.9. The standard InChI is InChI=1S/C23H37N5O7/c1-13(2)19(25)22(33)28-18(12-29)21(32)26-16(5-3-4-10-24)20(31)27-17(23(34)35)11-14-6-8-15(30)9-7-14/h6-9,13,16-19,29-30H,3-5,10-12,24-25H2,1-2H3,(H,26,32)(H,27,31)(H,28,33)(H,34,35). The van der Waals surface area contributed by atoms with Crippen molar-refractivity contribution in [3.8, 4) is 5.75 Å². The van der Waals surface area contributed by atoms with Crippen molar-refractivity contribution >= 4 is 23.7 Å². The number of aliphatic carboxylic acids is 1. The van der Waals surface area contributed by atoms with Gasteiger partial charge in [0.1, 0.15) is 23.9 Å². The third-order valence-corrected chi connectivity index (χ3v) is 5.41. The molecule has 196 valence electrons. The van der Waals surface area contributed by atoms with Crippen LogP contribution in [0.15, 0.2) is 24.3 Å². The minimum absolute atomic E-state index is 0.0206. The monoisotopic (exact) mass is 495 g/mol. The largest absolute Gasteiger partial charge is 0.508 e. The molecule has 0 spiro atoms. The second-order valence-corrected chi connectivity index (χ2v) is 8.63. The van der Waals surface area contributed by atoms with Gasteiger partial charge in [0.05, 0.1) is 12.6 Å². The summed E-state index contributed by atoms with van der Waals surface area (Å²) < 4.78 is 0. The van der Waals surface area contributed by atoms with Crippen molar-refractivity contribution in [3.05, 3.63) is 29.8 Å². The van der Waals surface area contributed by atoms with Crippen LogP contribution < -0.4 is 27.4 Å². The summed E-state index contributed by atoms with van der Waals surface area (Å²) in [5, 5.41) is 35.8. The second-order valence-electron chi connectivity index (χ2n) is 8.63. The molecular weight excluding hydrogens is 458 g/mol. The fourth-order valence-electron chi connectivity index (χ4n) is 3.14. The van der Waals surface area contributed by atoms with E-state index >= 15 is 0 Å². The SMILES string of the molecule is CC(C)C(N)C(=O)NC(CO)C(=O)NC(CCCCN)C(=O)NC(Cc1ccc(O)cc1)C(=O)O. The number of carboxylic acid groups (broad SMARTS) is 1. The van der Waals surface area contributed by atoms with E-state index in [1.807, 2.05) is 0 Å². The molecule has 0 aliphatic heterocycles. The van der Waals surface area contributed by atoms with Gasteiger partial charge in [-0.15, -0.1) is 0 Å². The Kier molecular flexibility index (Phi) is 12.7. The lowest BCUT2D eigenvalue weighted by Gasteiger charge is -2.25. The molecule has 0 fully saturated rings. The Balaban J connectivity index is 2.93. The third-order valence-electron chi connectivity index (χ3n) is 5.41. The van der Waals surface area contributed by atoms with Crippen LogP contribution in [0.3, 0.4) is 0 Å². The fourth-order valence-corrected chi connectivity index (χ4v) is 3.14. The number of aliphatic hydroxyl groups is 1. The van der Waals surface area contributed by atoms with E-state index in [1.54, 1.807) is 13.8 Å². The minimum Gasteiger partial charge on any atom is -0.508 e. The van der Waals surface area contributed by atoms with Crippen LogP contribution in [0.2, 0.25) is 0 Å². The zero-order valence-electron chi connectivity index (χ0n) is 20.1. The highest BCUT2D eigenvalue weighted by Gasteiger charge is 2.30. The van der Waals surface area contributed by atoms with E-state index in [0.717, 1.165) is 0 Å². The summed E-state index contributed by atoms with van der Waals surface area (Å²) in [6.07, 6.45) is 1.16. The Labute approximate surface area is 204 Å². The van der Waals surface area contributed by atoms with Crippen LogP contribution in [-0.4, -0.2) is 76.3 Å². The summed E-state index contributed by atoms with van der Waals surface area (Å²) >= 11 is 0. The van der Waals surface area contributed by atoms with Crippen molar-refractivity contribution in [2.75, 3.05) is 13.2 Å². The molecule has 0 aromatic heterocycles. The first-order valence-corrected chi connectivity index (χ1v) is 11.5. The number of carbonyl (C=O) groups is 4. The molecule has 0 saturated heterocycles. The first-order valence-electron chi connectivity index (χ1n) is 11.5. The van der Waals surface area contributed by atoms with Crippen molar-refractivity contribution < 1.29 is 34.5 Å². The van der Waals surface area contributed by atoms with E-state index in [1.165, 1.54) is 24.3 Å². The third kappa shape index (κ3) is 10.3. The van der Waals surface area contributed by atoms with E-state index in [-0.39, 0.29) is 24.5 Å². The molecule has 0 bridgehead atoms. The first kappa shape index (κ1) is 29.8. The number of carbonyl (C=O) groups excluding carboxylic acids is 3. The van der Waals surface area contributed by atoms with E-state index in [0.29, 0.717) is 24.9 Å². The number of nitrogens with one attached hydrogen (secondary N) is 3. The van der Waals surface area contributed by atoms with Gasteiger partial charge in [0.25, 0.3) is 0 Å². The highest BCUT2D eigenvalue weighted by atomic mass is 16.4. The van der Waals surface area contributed by atoms with Gasteiger partial charge in [0, 0.05) is 6.42 Å². The molecule has 0 aliphatic carbocycles. The van der Waals surface area contributed by atoms with Gasteiger partial charge in [0.15, 0.2) is 0 Å². The molecule has 1 aromatic rings. The van der Waals surface area contributed by atoms with E-state index in [9.17, 15) is 34.5 Å². The maximum absolute atomic E-state index is 12.9. The maximum atomic E-state index is 12.9. The molecule has 4 atom stereocenters. The van der Waals surface area contributed by atoms with Crippen LogP contribution in [0.1, 0.15) is 38.7 Å². The summed E-state index contributed by atoms with van der Waals surface area (Å²) in [7, 11) is 0. The number of aromatic hydroxyl groups is 1. The van der Waals surface area contributed by atoms with Gasteiger partial charge in [0.2, 0.25) is 17.7 Å². The number of aliphatic hydroxyl groups excluding tert-OH is 1. The topological polar surface area (TPSA) is 217 Å². The molecule has 12 heteroatoms. The minimum atomic E-state index is -1.34. The second kappa shape index (κ2) is 14.9. The van der Waals surface area contributed by atoms with Gasteiger partial charge in [-0.2, -0.15) is 0 Å². The molecule has 3 amide bonds. The summed E-state index contributed by atoms with van der Waals surface area (Å²) in [6, 6.07) is 1.23. The van der Waals surface area contributed by atoms with Gasteiger partial charge < -0.3 is 42.7 Å². The number of unbranched alkanes of at least 4 members (excludes halogenated alkanes) is 1. The lowest BCUT2D eigenvalue weighted by molar-refractivity contribution is -0.142. The van der Waals surface area contributed by atoms with E-state index in [2.05, 4.69) is 16.0 Å². The van der Waals surface area contributed by atoms with Crippen molar-refractivity contribution in [2.45, 2.75) is 63.7 Å². The molecule has 0 saturated carbocycles. The quantitative estimate of drug-likeness (QED) is 0.134. The number of carboxylic acids is 1. The molecule has 0 heterocycles. The van der Waals surface area contributed by atoms with Crippen LogP contribution in [0, 0.1) is 5.92 Å². The van der Waals surface area contributed by atoms with Crippen LogP contribution >= 0.6 is 0 Å². The van der Waals surface area contributed by atoms with Crippen molar-refractivity contribution in [3.63, 3.8) is 0 Å². The molecule has 12 nitrogen and oxygen atoms in total. The molecule has 1 rings (SSSR count). The number of nitrogens with two attached hydrogens (primary N) is 2. The Morgan fingerprint density at radius 2 is 1.43 bits per heavy atom. The number of hydrogen-bond donors (Lipinski definition) is 8. The van der Waals surface area contributed by atoms with Gasteiger partial charge in [-0.3, -0.25) is 14.4 Å². The number of phenolic OH excluding ortho intramolecular Hbond substituents is 1. The molecule has 35 heavy (non-hydrogen) atoms. The van der Waals surface area contributed by atoms with E-state index < -0.39 is 54.5 Å². The number of phenols is 1. The van der Waals surface area contributed by atoms with E-state index in [4.69, 9.17) is 11.5 Å². The van der Waals surface area contributed by atoms with Gasteiger partial charge >= 0.3 is 5.97 Å². The zero-order valence-corrected chi connectivity index (χ0v) is 20.1. The molecular formula is C23H37N5O7. The van der Waals surface area contributed by atoms with Crippen LogP contribution in [0.25, 0.3) is 0 Å². The molecule has 0 aliphatic rings. The molecule has 0 radical (unpaired) electrons. The highest BCUT2D eigenvalue weighted by Crippen LogP contribution is 2.12. The van der Waals surface area contributed by atoms with Gasteiger partial charge in [-0.05, 0) is 49.4 Å². The molecule has 1 aromatic carbocycles. The van der Waals surface area contributed by atoms with Crippen LogP contribution in [-0.2, 0) is 25.6 Å². The predicted molar refractivity (Wildman–Crippen MR) is 128 cm³/mol. The van der Waals surface area contributed by atoms with Crippen molar-refractivity contribution in [1.82, 2.24) is 16.0 Å².